The third-order valence-corrected chi connectivity index (χ3v) is 1.71. The molecule has 0 spiro atoms. The van der Waals surface area contributed by atoms with Crippen LogP contribution < -0.4 is 16.0 Å². The molecule has 82 valence electrons. The number of nitrogens with one attached hydrogen (secondary N) is 3. The molecule has 0 aromatic carbocycles. The lowest BCUT2D eigenvalue weighted by molar-refractivity contribution is -0.121. The van der Waals surface area contributed by atoms with Crippen molar-refractivity contribution in [3.8, 4) is 0 Å². The summed E-state index contributed by atoms with van der Waals surface area (Å²) in [6.45, 7) is 7.22. The minimum Gasteiger partial charge on any atom is -0.363 e. The number of hydrogen-bond donors (Lipinski definition) is 3. The van der Waals surface area contributed by atoms with E-state index in [0.29, 0.717) is 18.1 Å². The van der Waals surface area contributed by atoms with Gasteiger partial charge in [0.25, 0.3) is 0 Å². The molecule has 0 fully saturated rings. The van der Waals surface area contributed by atoms with E-state index in [1.54, 1.807) is 0 Å². The summed E-state index contributed by atoms with van der Waals surface area (Å²) in [5.74, 6) is 0.0480. The molecule has 0 bridgehead atoms. The molecule has 14 heavy (non-hydrogen) atoms. The molecule has 5 heteroatoms. The van der Waals surface area contributed by atoms with Gasteiger partial charge >= 0.3 is 0 Å². The number of carbonyl (C=O) groups is 1. The zero-order valence-electron chi connectivity index (χ0n) is 9.02. The number of carbonyl (C=O) groups excluding carboxylic acids is 1. The van der Waals surface area contributed by atoms with E-state index in [1.165, 1.54) is 0 Å². The standard InChI is InChI=1S/C9H19N3OS/c1-4-10-9(14)11-6-5-8(13)12-7(2)3/h7H,4-6H2,1-3H3,(H,12,13)(H2,10,11,14). The lowest BCUT2D eigenvalue weighted by Crippen LogP contribution is -2.38. The maximum atomic E-state index is 11.2. The van der Waals surface area contributed by atoms with E-state index in [-0.39, 0.29) is 11.9 Å². The van der Waals surface area contributed by atoms with Crippen molar-refractivity contribution >= 4 is 23.2 Å². The molecule has 0 unspecified atom stereocenters. The van der Waals surface area contributed by atoms with Crippen LogP contribution in [0.3, 0.4) is 0 Å². The second-order valence-corrected chi connectivity index (χ2v) is 3.67. The Kier molecular flexibility index (Phi) is 7.10. The average Bonchev–Trinajstić information content (AvgIpc) is 2.02. The van der Waals surface area contributed by atoms with Crippen LogP contribution in [0.4, 0.5) is 0 Å². The summed E-state index contributed by atoms with van der Waals surface area (Å²) in [5, 5.41) is 9.30. The van der Waals surface area contributed by atoms with Gasteiger partial charge in [-0.15, -0.1) is 0 Å². The lowest BCUT2D eigenvalue weighted by atomic mass is 10.3. The molecule has 0 radical (unpaired) electrons. The number of amides is 1. The maximum absolute atomic E-state index is 11.2. The van der Waals surface area contributed by atoms with Crippen molar-refractivity contribution in [2.24, 2.45) is 0 Å². The number of rotatable bonds is 5. The minimum atomic E-state index is 0.0480. The summed E-state index contributed by atoms with van der Waals surface area (Å²) in [5.41, 5.74) is 0. The van der Waals surface area contributed by atoms with Gasteiger partial charge in [-0.1, -0.05) is 0 Å². The van der Waals surface area contributed by atoms with Gasteiger partial charge in [0, 0.05) is 25.6 Å². The van der Waals surface area contributed by atoms with E-state index in [2.05, 4.69) is 16.0 Å². The van der Waals surface area contributed by atoms with Crippen molar-refractivity contribution in [2.75, 3.05) is 13.1 Å². The maximum Gasteiger partial charge on any atom is 0.221 e. The van der Waals surface area contributed by atoms with E-state index in [9.17, 15) is 4.79 Å². The SMILES string of the molecule is CCNC(=S)NCCC(=O)NC(C)C. The first kappa shape index (κ1) is 13.2. The summed E-state index contributed by atoms with van der Waals surface area (Å²) >= 11 is 4.94. The molecule has 4 nitrogen and oxygen atoms in total. The highest BCUT2D eigenvalue weighted by atomic mass is 32.1. The predicted molar refractivity (Wildman–Crippen MR) is 62.2 cm³/mol. The summed E-state index contributed by atoms with van der Waals surface area (Å²) in [6.07, 6.45) is 0.448. The van der Waals surface area contributed by atoms with Crippen LogP contribution in [0.25, 0.3) is 0 Å². The normalized spacial score (nSPS) is 9.71. The topological polar surface area (TPSA) is 53.2 Å². The molecule has 0 aromatic rings. The Hall–Kier alpha value is -0.840. The van der Waals surface area contributed by atoms with Crippen molar-refractivity contribution in [1.82, 2.24) is 16.0 Å². The zero-order valence-corrected chi connectivity index (χ0v) is 9.83. The van der Waals surface area contributed by atoms with Gasteiger partial charge in [0.2, 0.25) is 5.91 Å². The first-order valence-corrected chi connectivity index (χ1v) is 5.28. The largest absolute Gasteiger partial charge is 0.363 e. The molecule has 0 aliphatic carbocycles. The third-order valence-electron chi connectivity index (χ3n) is 1.42. The number of thiocarbonyl (C=S) groups is 1. The van der Waals surface area contributed by atoms with Crippen LogP contribution in [0.2, 0.25) is 0 Å². The predicted octanol–water partition coefficient (Wildman–Crippen LogP) is 0.385. The van der Waals surface area contributed by atoms with Crippen LogP contribution >= 0.6 is 12.2 Å². The van der Waals surface area contributed by atoms with Crippen molar-refractivity contribution in [3.05, 3.63) is 0 Å². The van der Waals surface area contributed by atoms with E-state index < -0.39 is 0 Å². The Morgan fingerprint density at radius 3 is 2.50 bits per heavy atom. The van der Waals surface area contributed by atoms with Crippen LogP contribution in [0.15, 0.2) is 0 Å². The fourth-order valence-corrected chi connectivity index (χ4v) is 1.15. The Labute approximate surface area is 90.8 Å². The molecule has 0 aliphatic heterocycles. The van der Waals surface area contributed by atoms with Gasteiger partial charge in [0.1, 0.15) is 0 Å². The van der Waals surface area contributed by atoms with Crippen molar-refractivity contribution in [1.29, 1.82) is 0 Å². The molecule has 0 saturated heterocycles. The smallest absolute Gasteiger partial charge is 0.221 e. The molecule has 1 amide bonds. The zero-order chi connectivity index (χ0) is 11.0. The van der Waals surface area contributed by atoms with Crippen LogP contribution in [-0.4, -0.2) is 30.2 Å². The Morgan fingerprint density at radius 2 is 2.00 bits per heavy atom. The minimum absolute atomic E-state index is 0.0480. The Bertz CT molecular complexity index is 194. The second kappa shape index (κ2) is 7.55. The van der Waals surface area contributed by atoms with Gasteiger partial charge in [-0.3, -0.25) is 4.79 Å². The van der Waals surface area contributed by atoms with Crippen LogP contribution in [0.5, 0.6) is 0 Å². The van der Waals surface area contributed by atoms with Crippen molar-refractivity contribution in [2.45, 2.75) is 33.2 Å². The summed E-state index contributed by atoms with van der Waals surface area (Å²) in [4.78, 5) is 11.2. The highest BCUT2D eigenvalue weighted by molar-refractivity contribution is 7.80. The highest BCUT2D eigenvalue weighted by Gasteiger charge is 2.02. The van der Waals surface area contributed by atoms with Gasteiger partial charge in [0.15, 0.2) is 5.11 Å². The Morgan fingerprint density at radius 1 is 1.36 bits per heavy atom. The third kappa shape index (κ3) is 7.79. The summed E-state index contributed by atoms with van der Waals surface area (Å²) < 4.78 is 0. The van der Waals surface area contributed by atoms with E-state index in [1.807, 2.05) is 20.8 Å². The van der Waals surface area contributed by atoms with Gasteiger partial charge in [-0.25, -0.2) is 0 Å². The van der Waals surface area contributed by atoms with Crippen LogP contribution in [0, 0.1) is 0 Å². The molecule has 0 atom stereocenters. The van der Waals surface area contributed by atoms with Crippen molar-refractivity contribution in [3.63, 3.8) is 0 Å². The first-order valence-electron chi connectivity index (χ1n) is 4.87. The average molecular weight is 217 g/mol. The monoisotopic (exact) mass is 217 g/mol. The van der Waals surface area contributed by atoms with Crippen LogP contribution in [-0.2, 0) is 4.79 Å². The van der Waals surface area contributed by atoms with Gasteiger partial charge in [0.05, 0.1) is 0 Å². The van der Waals surface area contributed by atoms with Gasteiger partial charge < -0.3 is 16.0 Å². The summed E-state index contributed by atoms with van der Waals surface area (Å²) in [6, 6.07) is 0.197. The lowest BCUT2D eigenvalue weighted by Gasteiger charge is -2.10. The van der Waals surface area contributed by atoms with Crippen LogP contribution in [0.1, 0.15) is 27.2 Å². The molecule has 0 saturated carbocycles. The highest BCUT2D eigenvalue weighted by Crippen LogP contribution is 1.82. The first-order chi connectivity index (χ1) is 6.56. The number of hydrogen-bond acceptors (Lipinski definition) is 2. The molecule has 0 heterocycles. The second-order valence-electron chi connectivity index (χ2n) is 3.26. The van der Waals surface area contributed by atoms with E-state index >= 15 is 0 Å². The molecule has 0 rings (SSSR count). The quantitative estimate of drug-likeness (QED) is 0.583. The Balaban J connectivity index is 3.44. The molecular weight excluding hydrogens is 198 g/mol. The molecule has 0 aliphatic rings. The molecule has 0 aromatic heterocycles. The van der Waals surface area contributed by atoms with E-state index in [0.717, 1.165) is 6.54 Å². The van der Waals surface area contributed by atoms with Crippen molar-refractivity contribution < 1.29 is 4.79 Å². The van der Waals surface area contributed by atoms with Gasteiger partial charge in [-0.05, 0) is 33.0 Å². The molecular formula is C9H19N3OS. The fourth-order valence-electron chi connectivity index (χ4n) is 0.907. The molecule has 3 N–H and O–H groups in total. The summed E-state index contributed by atoms with van der Waals surface area (Å²) in [7, 11) is 0. The van der Waals surface area contributed by atoms with Gasteiger partial charge in [-0.2, -0.15) is 0 Å². The van der Waals surface area contributed by atoms with E-state index in [4.69, 9.17) is 12.2 Å². The fraction of sp³-hybridized carbons (Fsp3) is 0.778.